The highest BCUT2D eigenvalue weighted by atomic mass is 16.5. The number of benzene rings is 1. The third-order valence-electron chi connectivity index (χ3n) is 8.17. The Morgan fingerprint density at radius 1 is 1.37 bits per heavy atom. The van der Waals surface area contributed by atoms with Crippen molar-refractivity contribution in [2.75, 3.05) is 33.8 Å². The maximum absolute atomic E-state index is 13.2. The molecule has 3 fully saturated rings. The van der Waals surface area contributed by atoms with Crippen LogP contribution in [-0.4, -0.2) is 66.0 Å². The van der Waals surface area contributed by atoms with Crippen LogP contribution in [0.4, 0.5) is 0 Å². The van der Waals surface area contributed by atoms with Gasteiger partial charge < -0.3 is 24.8 Å². The third-order valence-corrected chi connectivity index (χ3v) is 8.17. The van der Waals surface area contributed by atoms with Crippen molar-refractivity contribution in [3.63, 3.8) is 0 Å². The lowest BCUT2D eigenvalue weighted by atomic mass is 10.0. The minimum atomic E-state index is -0.0653. The van der Waals surface area contributed by atoms with Gasteiger partial charge in [-0.25, -0.2) is 4.98 Å². The lowest BCUT2D eigenvalue weighted by Gasteiger charge is -2.23. The molecule has 8 heteroatoms. The fourth-order valence-electron chi connectivity index (χ4n) is 5.71. The van der Waals surface area contributed by atoms with Gasteiger partial charge in [0.1, 0.15) is 17.1 Å². The summed E-state index contributed by atoms with van der Waals surface area (Å²) >= 11 is 0. The van der Waals surface area contributed by atoms with Gasteiger partial charge in [-0.15, -0.1) is 0 Å². The first-order valence-electron chi connectivity index (χ1n) is 12.7. The molecule has 1 atom stereocenters. The molecule has 0 bridgehead atoms. The van der Waals surface area contributed by atoms with E-state index in [0.717, 1.165) is 53.6 Å². The molecule has 2 aliphatic heterocycles. The Morgan fingerprint density at radius 3 is 2.83 bits per heavy atom. The number of aromatic nitrogens is 2. The molecule has 2 N–H and O–H groups in total. The molecular weight excluding hydrogens is 440 g/mol. The SMILES string of the molecule is C/C=C1/C=C(c2nc3cc(C(=O)N[C@H]4CNCC45CC5)cc(OC)c3n2C)N(CC2CC2)/C1=N/C. The number of methoxy groups -OCH3 is 1. The summed E-state index contributed by atoms with van der Waals surface area (Å²) in [6.07, 6.45) is 9.16. The zero-order chi connectivity index (χ0) is 24.3. The predicted octanol–water partition coefficient (Wildman–Crippen LogP) is 3.10. The zero-order valence-corrected chi connectivity index (χ0v) is 21.0. The molecule has 0 radical (unpaired) electrons. The Balaban J connectivity index is 1.38. The van der Waals surface area contributed by atoms with Crippen molar-refractivity contribution < 1.29 is 9.53 Å². The molecular formula is C27H34N6O2. The van der Waals surface area contributed by atoms with Crippen LogP contribution in [0.5, 0.6) is 5.75 Å². The van der Waals surface area contributed by atoms with Crippen molar-refractivity contribution in [2.24, 2.45) is 23.4 Å². The molecule has 2 aromatic rings. The van der Waals surface area contributed by atoms with Crippen LogP contribution in [0.15, 0.2) is 34.9 Å². The second-order valence-electron chi connectivity index (χ2n) is 10.4. The first-order chi connectivity index (χ1) is 17.0. The van der Waals surface area contributed by atoms with E-state index in [-0.39, 0.29) is 17.4 Å². The summed E-state index contributed by atoms with van der Waals surface area (Å²) in [4.78, 5) is 25.2. The molecule has 3 heterocycles. The average Bonchev–Trinajstić information content (AvgIpc) is 3.74. The molecule has 184 valence electrons. The Kier molecular flexibility index (Phi) is 5.25. The van der Waals surface area contributed by atoms with Gasteiger partial charge in [0.25, 0.3) is 5.91 Å². The number of rotatable bonds is 6. The lowest BCUT2D eigenvalue weighted by Crippen LogP contribution is -2.41. The van der Waals surface area contributed by atoms with E-state index in [9.17, 15) is 4.79 Å². The van der Waals surface area contributed by atoms with Crippen molar-refractivity contribution in [1.29, 1.82) is 0 Å². The number of ether oxygens (including phenoxy) is 1. The minimum Gasteiger partial charge on any atom is -0.494 e. The molecule has 1 aromatic heterocycles. The number of allylic oxidation sites excluding steroid dienone is 1. The van der Waals surface area contributed by atoms with Crippen LogP contribution in [0, 0.1) is 11.3 Å². The molecule has 0 unspecified atom stereocenters. The van der Waals surface area contributed by atoms with Crippen LogP contribution in [0.1, 0.15) is 48.8 Å². The molecule has 8 nitrogen and oxygen atoms in total. The smallest absolute Gasteiger partial charge is 0.251 e. The molecule has 4 aliphatic rings. The number of hydrogen-bond acceptors (Lipinski definition) is 5. The van der Waals surface area contributed by atoms with E-state index in [1.807, 2.05) is 33.2 Å². The molecule has 1 amide bonds. The topological polar surface area (TPSA) is 83.8 Å². The standard InChI is InChI=1S/C27H34N6O2/c1-5-17-11-20(33(24(17)28-2)14-16-6-7-16)25-30-19-10-18(12-21(35-4)23(19)32(25)3)26(34)31-22-13-29-15-27(22)8-9-27/h5,10-12,16,22,29H,6-9,13-15H2,1-4H3,(H,31,34)/b17-5-,28-24+/t22-/m0/s1. The second kappa shape index (κ2) is 8.22. The van der Waals surface area contributed by atoms with Crippen molar-refractivity contribution in [1.82, 2.24) is 25.1 Å². The number of amidine groups is 1. The van der Waals surface area contributed by atoms with Gasteiger partial charge in [0.05, 0.1) is 18.3 Å². The van der Waals surface area contributed by atoms with E-state index in [2.05, 4.69) is 37.2 Å². The summed E-state index contributed by atoms with van der Waals surface area (Å²) in [7, 11) is 5.52. The molecule has 1 aromatic carbocycles. The first kappa shape index (κ1) is 22.3. The van der Waals surface area contributed by atoms with Gasteiger partial charge in [-0.2, -0.15) is 0 Å². The number of amides is 1. The second-order valence-corrected chi connectivity index (χ2v) is 10.4. The molecule has 2 aliphatic carbocycles. The van der Waals surface area contributed by atoms with Gasteiger partial charge in [-0.3, -0.25) is 9.79 Å². The van der Waals surface area contributed by atoms with Crippen LogP contribution in [-0.2, 0) is 7.05 Å². The highest BCUT2D eigenvalue weighted by molar-refractivity contribution is 6.11. The Labute approximate surface area is 206 Å². The quantitative estimate of drug-likeness (QED) is 0.672. The molecule has 6 rings (SSSR count). The fraction of sp³-hybridized carbons (Fsp3) is 0.519. The van der Waals surface area contributed by atoms with Gasteiger partial charge in [0.15, 0.2) is 5.82 Å². The number of carbonyl (C=O) groups is 1. The number of nitrogens with one attached hydrogen (secondary N) is 2. The molecule has 1 spiro atoms. The Hall–Kier alpha value is -3.13. The summed E-state index contributed by atoms with van der Waals surface area (Å²) in [5.41, 5.74) is 4.64. The number of aryl methyl sites for hydroxylation is 1. The highest BCUT2D eigenvalue weighted by Gasteiger charge is 2.52. The molecule has 2 saturated carbocycles. The van der Waals surface area contributed by atoms with Crippen LogP contribution in [0.3, 0.4) is 0 Å². The van der Waals surface area contributed by atoms with E-state index < -0.39 is 0 Å². The van der Waals surface area contributed by atoms with Gasteiger partial charge >= 0.3 is 0 Å². The monoisotopic (exact) mass is 474 g/mol. The van der Waals surface area contributed by atoms with Gasteiger partial charge in [-0.05, 0) is 56.7 Å². The predicted molar refractivity (Wildman–Crippen MR) is 138 cm³/mol. The molecule has 1 saturated heterocycles. The Morgan fingerprint density at radius 2 is 2.17 bits per heavy atom. The number of aliphatic imine (C=N–C) groups is 1. The average molecular weight is 475 g/mol. The van der Waals surface area contributed by atoms with Crippen LogP contribution in [0.25, 0.3) is 16.7 Å². The summed E-state index contributed by atoms with van der Waals surface area (Å²) in [5, 5.41) is 6.70. The Bertz CT molecular complexity index is 1290. The minimum absolute atomic E-state index is 0.0653. The number of nitrogens with zero attached hydrogens (tertiary/aromatic N) is 4. The van der Waals surface area contributed by atoms with E-state index in [1.54, 1.807) is 7.11 Å². The number of fused-ring (bicyclic) bond motifs is 1. The normalized spacial score (nSPS) is 25.2. The van der Waals surface area contributed by atoms with E-state index >= 15 is 0 Å². The van der Waals surface area contributed by atoms with Crippen LogP contribution in [0.2, 0.25) is 0 Å². The van der Waals surface area contributed by atoms with Crippen molar-refractivity contribution in [3.05, 3.63) is 41.2 Å². The zero-order valence-electron chi connectivity index (χ0n) is 21.0. The lowest BCUT2D eigenvalue weighted by molar-refractivity contribution is 0.0928. The number of imidazole rings is 1. The van der Waals surface area contributed by atoms with E-state index in [0.29, 0.717) is 17.2 Å². The fourth-order valence-corrected chi connectivity index (χ4v) is 5.71. The maximum Gasteiger partial charge on any atom is 0.251 e. The first-order valence-corrected chi connectivity index (χ1v) is 12.7. The van der Waals surface area contributed by atoms with E-state index in [4.69, 9.17) is 9.72 Å². The van der Waals surface area contributed by atoms with Crippen molar-refractivity contribution in [3.8, 4) is 5.75 Å². The number of hydrogen-bond donors (Lipinski definition) is 2. The summed E-state index contributed by atoms with van der Waals surface area (Å²) in [5.74, 6) is 3.14. The third kappa shape index (κ3) is 3.66. The van der Waals surface area contributed by atoms with Gasteiger partial charge in [0, 0.05) is 56.3 Å². The number of carbonyl (C=O) groups excluding carboxylic acids is 1. The van der Waals surface area contributed by atoms with Crippen LogP contribution >= 0.6 is 0 Å². The van der Waals surface area contributed by atoms with Gasteiger partial charge in [0.2, 0.25) is 0 Å². The van der Waals surface area contributed by atoms with Crippen LogP contribution < -0.4 is 15.4 Å². The van der Waals surface area contributed by atoms with Gasteiger partial charge in [-0.1, -0.05) is 6.08 Å². The maximum atomic E-state index is 13.2. The summed E-state index contributed by atoms with van der Waals surface area (Å²) < 4.78 is 7.84. The molecule has 35 heavy (non-hydrogen) atoms. The summed E-state index contributed by atoms with van der Waals surface area (Å²) in [6, 6.07) is 3.92. The van der Waals surface area contributed by atoms with Crippen molar-refractivity contribution in [2.45, 2.75) is 38.6 Å². The van der Waals surface area contributed by atoms with E-state index in [1.165, 1.54) is 25.7 Å². The summed E-state index contributed by atoms with van der Waals surface area (Å²) in [6.45, 7) is 4.82. The largest absolute Gasteiger partial charge is 0.494 e. The highest BCUT2D eigenvalue weighted by Crippen LogP contribution is 2.50. The van der Waals surface area contributed by atoms with Crippen molar-refractivity contribution >= 4 is 28.5 Å².